The number of carbonyl (C=O) groups is 1. The summed E-state index contributed by atoms with van der Waals surface area (Å²) in [7, 11) is 1.84. The highest BCUT2D eigenvalue weighted by Gasteiger charge is 2.36. The van der Waals surface area contributed by atoms with Crippen LogP contribution in [-0.2, 0) is 14.3 Å². The SMILES string of the molecule is CN[C@@H]1[C@H](C)O[C@H](O[C@H]2C/C=C(/C)C/C(C)=C/C=C/CC[C@@H](C)CNC(=O)/C=C\C=C/[C@H]2C)C[C@@H]1O. The molecule has 0 radical (unpaired) electrons. The van der Waals surface area contributed by atoms with Crippen LogP contribution in [0.1, 0.15) is 66.7 Å². The van der Waals surface area contributed by atoms with Crippen molar-refractivity contribution in [3.05, 3.63) is 59.8 Å². The van der Waals surface area contributed by atoms with E-state index >= 15 is 0 Å². The first-order valence-corrected chi connectivity index (χ1v) is 13.5. The number of aliphatic hydroxyl groups excluding tert-OH is 1. The first-order chi connectivity index (χ1) is 17.2. The average Bonchev–Trinajstić information content (AvgIpc) is 2.82. The molecule has 6 nitrogen and oxygen atoms in total. The molecule has 2 heterocycles. The number of hydrogen-bond donors (Lipinski definition) is 3. The van der Waals surface area contributed by atoms with E-state index in [9.17, 15) is 9.90 Å². The lowest BCUT2D eigenvalue weighted by molar-refractivity contribution is -0.241. The predicted octanol–water partition coefficient (Wildman–Crippen LogP) is 4.98. The van der Waals surface area contributed by atoms with Crippen LogP contribution in [0, 0.1) is 11.8 Å². The summed E-state index contributed by atoms with van der Waals surface area (Å²) >= 11 is 0. The third-order valence-electron chi connectivity index (χ3n) is 6.96. The molecule has 1 fully saturated rings. The van der Waals surface area contributed by atoms with Crippen molar-refractivity contribution in [2.24, 2.45) is 11.8 Å². The third-order valence-corrected chi connectivity index (χ3v) is 6.96. The van der Waals surface area contributed by atoms with Gasteiger partial charge in [-0.25, -0.2) is 0 Å². The maximum absolute atomic E-state index is 12.2. The van der Waals surface area contributed by atoms with Crippen molar-refractivity contribution in [1.29, 1.82) is 0 Å². The number of rotatable bonds is 3. The molecule has 3 N–H and O–H groups in total. The number of carbonyl (C=O) groups excluding carboxylic acids is 1. The van der Waals surface area contributed by atoms with E-state index in [0.29, 0.717) is 18.9 Å². The molecule has 2 rings (SSSR count). The molecule has 0 aromatic carbocycles. The molecule has 202 valence electrons. The van der Waals surface area contributed by atoms with Gasteiger partial charge in [0.15, 0.2) is 6.29 Å². The Labute approximate surface area is 218 Å². The summed E-state index contributed by atoms with van der Waals surface area (Å²) in [5.41, 5.74) is 2.62. The molecular weight excluding hydrogens is 452 g/mol. The van der Waals surface area contributed by atoms with E-state index in [-0.39, 0.29) is 30.1 Å². The molecule has 0 aliphatic carbocycles. The van der Waals surface area contributed by atoms with Gasteiger partial charge in [0.25, 0.3) is 0 Å². The maximum Gasteiger partial charge on any atom is 0.243 e. The lowest BCUT2D eigenvalue weighted by atomic mass is 9.97. The molecule has 6 heteroatoms. The number of allylic oxidation sites excluding steroid dienone is 7. The Kier molecular flexibility index (Phi) is 13.4. The van der Waals surface area contributed by atoms with Gasteiger partial charge in [-0.2, -0.15) is 0 Å². The molecule has 1 saturated heterocycles. The van der Waals surface area contributed by atoms with Crippen LogP contribution >= 0.6 is 0 Å². The highest BCUT2D eigenvalue weighted by molar-refractivity contribution is 5.87. The zero-order valence-corrected chi connectivity index (χ0v) is 23.1. The summed E-state index contributed by atoms with van der Waals surface area (Å²) < 4.78 is 12.5. The van der Waals surface area contributed by atoms with E-state index in [1.54, 1.807) is 12.2 Å². The molecular formula is C30H48N2O4. The Bertz CT molecular complexity index is 817. The van der Waals surface area contributed by atoms with Crippen molar-refractivity contribution in [2.75, 3.05) is 13.6 Å². The molecule has 2 aliphatic heterocycles. The fraction of sp³-hybridized carbons (Fsp3) is 0.633. The minimum atomic E-state index is -0.524. The van der Waals surface area contributed by atoms with Gasteiger partial charge in [0.2, 0.25) is 5.91 Å². The molecule has 0 spiro atoms. The fourth-order valence-electron chi connectivity index (χ4n) is 4.68. The quantitative estimate of drug-likeness (QED) is 0.477. The Morgan fingerprint density at radius 3 is 2.64 bits per heavy atom. The first-order valence-electron chi connectivity index (χ1n) is 13.5. The van der Waals surface area contributed by atoms with Gasteiger partial charge in [0, 0.05) is 25.0 Å². The van der Waals surface area contributed by atoms with Crippen molar-refractivity contribution < 1.29 is 19.4 Å². The zero-order chi connectivity index (χ0) is 26.5. The van der Waals surface area contributed by atoms with Crippen molar-refractivity contribution in [2.45, 2.75) is 97.4 Å². The number of likely N-dealkylation sites (N-methyl/N-ethyl adjacent to an activating group) is 1. The molecule has 1 amide bonds. The van der Waals surface area contributed by atoms with Crippen molar-refractivity contribution in [1.82, 2.24) is 10.6 Å². The van der Waals surface area contributed by atoms with Gasteiger partial charge in [0.1, 0.15) is 0 Å². The monoisotopic (exact) mass is 500 g/mol. The number of hydrogen-bond acceptors (Lipinski definition) is 5. The second-order valence-electron chi connectivity index (χ2n) is 10.5. The Morgan fingerprint density at radius 1 is 1.14 bits per heavy atom. The van der Waals surface area contributed by atoms with Crippen LogP contribution in [-0.4, -0.2) is 55.2 Å². The summed E-state index contributed by atoms with van der Waals surface area (Å²) in [5.74, 6) is 0.435. The van der Waals surface area contributed by atoms with Crippen LogP contribution < -0.4 is 10.6 Å². The molecule has 0 aromatic rings. The number of aliphatic hydroxyl groups is 1. The van der Waals surface area contributed by atoms with E-state index < -0.39 is 12.4 Å². The van der Waals surface area contributed by atoms with Gasteiger partial charge in [-0.05, 0) is 59.4 Å². The molecule has 0 bridgehead atoms. The topological polar surface area (TPSA) is 79.8 Å². The van der Waals surface area contributed by atoms with Gasteiger partial charge in [-0.3, -0.25) is 4.79 Å². The summed E-state index contributed by atoms with van der Waals surface area (Å²) in [5, 5.41) is 16.7. The van der Waals surface area contributed by atoms with Gasteiger partial charge in [0.05, 0.1) is 24.4 Å². The van der Waals surface area contributed by atoms with Gasteiger partial charge >= 0.3 is 0 Å². The Balaban J connectivity index is 2.18. The van der Waals surface area contributed by atoms with Crippen LogP contribution in [0.4, 0.5) is 0 Å². The second kappa shape index (κ2) is 16.0. The smallest absolute Gasteiger partial charge is 0.243 e. The van der Waals surface area contributed by atoms with Gasteiger partial charge < -0.3 is 25.2 Å². The number of amides is 1. The molecule has 2 aliphatic rings. The summed E-state index contributed by atoms with van der Waals surface area (Å²) in [6.07, 6.45) is 19.0. The van der Waals surface area contributed by atoms with Gasteiger partial charge in [-0.1, -0.05) is 67.5 Å². The predicted molar refractivity (Wildman–Crippen MR) is 147 cm³/mol. The van der Waals surface area contributed by atoms with Crippen LogP contribution in [0.25, 0.3) is 0 Å². The zero-order valence-electron chi connectivity index (χ0n) is 23.1. The highest BCUT2D eigenvalue weighted by Crippen LogP contribution is 2.26. The molecule has 0 unspecified atom stereocenters. The largest absolute Gasteiger partial charge is 0.391 e. The lowest BCUT2D eigenvalue weighted by Gasteiger charge is -2.39. The van der Waals surface area contributed by atoms with Crippen LogP contribution in [0.15, 0.2) is 59.8 Å². The standard InChI is InChI=1S/C30H48N2O4/c1-21-12-8-7-9-13-23(3)20-32-28(34)15-11-10-14-24(4)27(17-16-22(2)18-21)36-29-19-26(33)30(31-6)25(5)35-29/h7-8,10-12,14-16,23-27,29-31,33H,9,13,17-20H2,1-6H3,(H,32,34)/b8-7+,14-10-,15-11-,21-12+,22-16-/t23-,24-,25+,26+,27+,29-,30-/m1/s1. The molecule has 7 atom stereocenters. The van der Waals surface area contributed by atoms with Gasteiger partial charge in [-0.15, -0.1) is 0 Å². The maximum atomic E-state index is 12.2. The minimum absolute atomic E-state index is 0.0771. The van der Waals surface area contributed by atoms with Crippen molar-refractivity contribution in [3.8, 4) is 0 Å². The second-order valence-corrected chi connectivity index (χ2v) is 10.5. The van der Waals surface area contributed by atoms with Crippen molar-refractivity contribution in [3.63, 3.8) is 0 Å². The Hall–Kier alpha value is -1.99. The van der Waals surface area contributed by atoms with E-state index in [2.05, 4.69) is 68.7 Å². The van der Waals surface area contributed by atoms with E-state index in [4.69, 9.17) is 9.47 Å². The number of nitrogens with one attached hydrogen (secondary N) is 2. The number of ether oxygens (including phenoxy) is 2. The molecule has 0 aromatic heterocycles. The van der Waals surface area contributed by atoms with Crippen LogP contribution in [0.3, 0.4) is 0 Å². The average molecular weight is 501 g/mol. The van der Waals surface area contributed by atoms with Crippen LogP contribution in [0.5, 0.6) is 0 Å². The fourth-order valence-corrected chi connectivity index (χ4v) is 4.68. The summed E-state index contributed by atoms with van der Waals surface area (Å²) in [6.45, 7) is 11.2. The van der Waals surface area contributed by atoms with Crippen LogP contribution in [0.2, 0.25) is 0 Å². The lowest BCUT2D eigenvalue weighted by Crippen LogP contribution is -2.54. The highest BCUT2D eigenvalue weighted by atomic mass is 16.7. The summed E-state index contributed by atoms with van der Waals surface area (Å²) in [6, 6.07) is -0.105. The van der Waals surface area contributed by atoms with E-state index in [1.165, 1.54) is 11.1 Å². The molecule has 36 heavy (non-hydrogen) atoms. The normalized spacial score (nSPS) is 39.5. The van der Waals surface area contributed by atoms with Crippen molar-refractivity contribution >= 4 is 5.91 Å². The third kappa shape index (κ3) is 11.0. The Morgan fingerprint density at radius 2 is 1.92 bits per heavy atom. The summed E-state index contributed by atoms with van der Waals surface area (Å²) in [4.78, 5) is 12.2. The van der Waals surface area contributed by atoms with E-state index in [1.807, 2.05) is 20.0 Å². The van der Waals surface area contributed by atoms with E-state index in [0.717, 1.165) is 25.7 Å². The first kappa shape index (κ1) is 30.2. The minimum Gasteiger partial charge on any atom is -0.391 e. The molecule has 0 saturated carbocycles.